The van der Waals surface area contributed by atoms with Crippen molar-refractivity contribution in [2.45, 2.75) is 45.8 Å². The van der Waals surface area contributed by atoms with Gasteiger partial charge in [-0.15, -0.1) is 0 Å². The SMILES string of the molecule is CCCn1ccnc1C(O)c1c(C(C)C)nn(C)c1Cl. The summed E-state index contributed by atoms with van der Waals surface area (Å²) in [6.45, 7) is 6.98. The average molecular weight is 297 g/mol. The molecule has 0 aliphatic heterocycles. The molecule has 0 saturated carbocycles. The topological polar surface area (TPSA) is 55.9 Å². The number of aromatic nitrogens is 4. The third-order valence-electron chi connectivity index (χ3n) is 3.32. The molecule has 2 aromatic heterocycles. The van der Waals surface area contributed by atoms with Crippen LogP contribution in [-0.2, 0) is 13.6 Å². The molecule has 2 heterocycles. The number of rotatable bonds is 5. The molecule has 0 aromatic carbocycles. The molecule has 0 spiro atoms. The Morgan fingerprint density at radius 1 is 1.40 bits per heavy atom. The van der Waals surface area contributed by atoms with Crippen LogP contribution in [0.2, 0.25) is 5.15 Å². The van der Waals surface area contributed by atoms with Crippen LogP contribution in [0.25, 0.3) is 0 Å². The number of aryl methyl sites for hydroxylation is 2. The van der Waals surface area contributed by atoms with Gasteiger partial charge in [-0.3, -0.25) is 4.68 Å². The molecule has 6 heteroatoms. The van der Waals surface area contributed by atoms with Crippen LogP contribution in [0, 0.1) is 0 Å². The summed E-state index contributed by atoms with van der Waals surface area (Å²) in [5, 5.41) is 15.6. The largest absolute Gasteiger partial charge is 0.380 e. The van der Waals surface area contributed by atoms with Crippen molar-refractivity contribution in [2.75, 3.05) is 0 Å². The molecule has 110 valence electrons. The van der Waals surface area contributed by atoms with Gasteiger partial charge in [0.05, 0.1) is 5.69 Å². The van der Waals surface area contributed by atoms with Crippen LogP contribution in [-0.4, -0.2) is 24.4 Å². The van der Waals surface area contributed by atoms with E-state index in [9.17, 15) is 5.11 Å². The fourth-order valence-electron chi connectivity index (χ4n) is 2.35. The fourth-order valence-corrected chi connectivity index (χ4v) is 2.58. The summed E-state index contributed by atoms with van der Waals surface area (Å²) in [6.07, 6.45) is 3.71. The Hall–Kier alpha value is -1.33. The first kappa shape index (κ1) is 15.1. The lowest BCUT2D eigenvalue weighted by Gasteiger charge is -2.14. The molecule has 0 saturated heterocycles. The predicted molar refractivity (Wildman–Crippen MR) is 78.9 cm³/mol. The Bertz CT molecular complexity index is 588. The van der Waals surface area contributed by atoms with Gasteiger partial charge in [-0.2, -0.15) is 5.10 Å². The molecule has 20 heavy (non-hydrogen) atoms. The van der Waals surface area contributed by atoms with Crippen molar-refractivity contribution in [2.24, 2.45) is 7.05 Å². The highest BCUT2D eigenvalue weighted by Crippen LogP contribution is 2.33. The zero-order chi connectivity index (χ0) is 14.9. The van der Waals surface area contributed by atoms with E-state index in [0.717, 1.165) is 18.7 Å². The van der Waals surface area contributed by atoms with Crippen LogP contribution >= 0.6 is 11.6 Å². The Kier molecular flexibility index (Phi) is 4.50. The fraction of sp³-hybridized carbons (Fsp3) is 0.571. The van der Waals surface area contributed by atoms with Crippen molar-refractivity contribution in [1.82, 2.24) is 19.3 Å². The maximum atomic E-state index is 10.7. The zero-order valence-electron chi connectivity index (χ0n) is 12.3. The second-order valence-corrected chi connectivity index (χ2v) is 5.61. The quantitative estimate of drug-likeness (QED) is 0.923. The van der Waals surface area contributed by atoms with Gasteiger partial charge in [0.1, 0.15) is 17.1 Å². The standard InChI is InChI=1S/C14H21ClN4O/c1-5-7-19-8-6-16-14(19)12(20)10-11(9(2)3)17-18(4)13(10)15/h6,8-9,12,20H,5,7H2,1-4H3. The van der Waals surface area contributed by atoms with Crippen LogP contribution in [0.1, 0.15) is 56.3 Å². The highest BCUT2D eigenvalue weighted by atomic mass is 35.5. The average Bonchev–Trinajstić information content (AvgIpc) is 2.96. The van der Waals surface area contributed by atoms with Gasteiger partial charge in [-0.25, -0.2) is 4.98 Å². The van der Waals surface area contributed by atoms with Gasteiger partial charge in [0.2, 0.25) is 0 Å². The number of nitrogens with zero attached hydrogens (tertiary/aromatic N) is 4. The summed E-state index contributed by atoms with van der Waals surface area (Å²) in [7, 11) is 1.78. The third-order valence-corrected chi connectivity index (χ3v) is 3.77. The van der Waals surface area contributed by atoms with Crippen molar-refractivity contribution < 1.29 is 5.11 Å². The monoisotopic (exact) mass is 296 g/mol. The van der Waals surface area contributed by atoms with E-state index < -0.39 is 6.10 Å². The van der Waals surface area contributed by atoms with E-state index in [4.69, 9.17) is 11.6 Å². The molecular weight excluding hydrogens is 276 g/mol. The second-order valence-electron chi connectivity index (χ2n) is 5.25. The normalized spacial score (nSPS) is 13.2. The summed E-state index contributed by atoms with van der Waals surface area (Å²) in [5.74, 6) is 0.802. The minimum absolute atomic E-state index is 0.188. The molecule has 1 atom stereocenters. The molecule has 2 rings (SSSR count). The van der Waals surface area contributed by atoms with Crippen molar-refractivity contribution in [1.29, 1.82) is 0 Å². The van der Waals surface area contributed by atoms with E-state index in [1.807, 2.05) is 24.6 Å². The predicted octanol–water partition coefficient (Wildman–Crippen LogP) is 2.89. The number of hydrogen-bond acceptors (Lipinski definition) is 3. The van der Waals surface area contributed by atoms with Gasteiger partial charge in [0.25, 0.3) is 0 Å². The minimum atomic E-state index is -0.852. The lowest BCUT2D eigenvalue weighted by molar-refractivity contribution is 0.203. The summed E-state index contributed by atoms with van der Waals surface area (Å²) in [6, 6.07) is 0. The van der Waals surface area contributed by atoms with Gasteiger partial charge in [-0.1, -0.05) is 32.4 Å². The lowest BCUT2D eigenvalue weighted by Crippen LogP contribution is -2.11. The van der Waals surface area contributed by atoms with Gasteiger partial charge in [0.15, 0.2) is 0 Å². The first-order valence-corrected chi connectivity index (χ1v) is 7.26. The van der Waals surface area contributed by atoms with Crippen LogP contribution < -0.4 is 0 Å². The second kappa shape index (κ2) is 5.97. The van der Waals surface area contributed by atoms with E-state index in [1.54, 1.807) is 17.9 Å². The molecular formula is C14H21ClN4O. The zero-order valence-corrected chi connectivity index (χ0v) is 13.1. The van der Waals surface area contributed by atoms with E-state index in [-0.39, 0.29) is 5.92 Å². The van der Waals surface area contributed by atoms with Crippen LogP contribution in [0.15, 0.2) is 12.4 Å². The van der Waals surface area contributed by atoms with E-state index >= 15 is 0 Å². The van der Waals surface area contributed by atoms with Gasteiger partial charge >= 0.3 is 0 Å². The van der Waals surface area contributed by atoms with E-state index in [1.165, 1.54) is 0 Å². The molecule has 0 aliphatic carbocycles. The summed E-state index contributed by atoms with van der Waals surface area (Å²) in [5.41, 5.74) is 1.48. The van der Waals surface area contributed by atoms with E-state index in [0.29, 0.717) is 16.5 Å². The number of aliphatic hydroxyl groups is 1. The van der Waals surface area contributed by atoms with Crippen molar-refractivity contribution in [3.63, 3.8) is 0 Å². The highest BCUT2D eigenvalue weighted by molar-refractivity contribution is 6.30. The van der Waals surface area contributed by atoms with Gasteiger partial charge in [0, 0.05) is 31.5 Å². The highest BCUT2D eigenvalue weighted by Gasteiger charge is 2.27. The van der Waals surface area contributed by atoms with Crippen LogP contribution in [0.4, 0.5) is 0 Å². The molecule has 0 radical (unpaired) electrons. The third kappa shape index (κ3) is 2.60. The molecule has 2 aromatic rings. The Labute approximate surface area is 124 Å². The molecule has 0 amide bonds. The molecule has 0 bridgehead atoms. The summed E-state index contributed by atoms with van der Waals surface area (Å²) < 4.78 is 3.56. The summed E-state index contributed by atoms with van der Waals surface area (Å²) in [4.78, 5) is 4.28. The van der Waals surface area contributed by atoms with Crippen molar-refractivity contribution in [3.8, 4) is 0 Å². The Morgan fingerprint density at radius 2 is 2.10 bits per heavy atom. The molecule has 0 aliphatic rings. The maximum absolute atomic E-state index is 10.7. The maximum Gasteiger partial charge on any atom is 0.142 e. The van der Waals surface area contributed by atoms with Crippen LogP contribution in [0.5, 0.6) is 0 Å². The Balaban J connectivity index is 2.47. The number of hydrogen-bond donors (Lipinski definition) is 1. The smallest absolute Gasteiger partial charge is 0.142 e. The van der Waals surface area contributed by atoms with Crippen molar-refractivity contribution >= 4 is 11.6 Å². The molecule has 0 fully saturated rings. The molecule has 5 nitrogen and oxygen atoms in total. The van der Waals surface area contributed by atoms with E-state index in [2.05, 4.69) is 17.0 Å². The van der Waals surface area contributed by atoms with Crippen LogP contribution in [0.3, 0.4) is 0 Å². The first-order chi connectivity index (χ1) is 9.47. The number of halogens is 1. The lowest BCUT2D eigenvalue weighted by atomic mass is 10.0. The first-order valence-electron chi connectivity index (χ1n) is 6.88. The molecule has 1 N–H and O–H groups in total. The Morgan fingerprint density at radius 3 is 2.70 bits per heavy atom. The molecule has 1 unspecified atom stereocenters. The number of aliphatic hydroxyl groups excluding tert-OH is 1. The van der Waals surface area contributed by atoms with Gasteiger partial charge < -0.3 is 9.67 Å². The minimum Gasteiger partial charge on any atom is -0.380 e. The van der Waals surface area contributed by atoms with Gasteiger partial charge in [-0.05, 0) is 12.3 Å². The summed E-state index contributed by atoms with van der Waals surface area (Å²) >= 11 is 6.30. The van der Waals surface area contributed by atoms with Crippen molar-refractivity contribution in [3.05, 3.63) is 34.6 Å². The number of imidazole rings is 1.